The van der Waals surface area contributed by atoms with E-state index in [9.17, 15) is 0 Å². The van der Waals surface area contributed by atoms with Crippen LogP contribution in [0.1, 0.15) is 12.8 Å². The van der Waals surface area contributed by atoms with Gasteiger partial charge in [0.2, 0.25) is 0 Å². The highest BCUT2D eigenvalue weighted by molar-refractivity contribution is 14.1. The van der Waals surface area contributed by atoms with Crippen LogP contribution in [0.3, 0.4) is 0 Å². The van der Waals surface area contributed by atoms with Crippen LogP contribution < -0.4 is 9.47 Å². The summed E-state index contributed by atoms with van der Waals surface area (Å²) in [7, 11) is 3.08. The van der Waals surface area contributed by atoms with Gasteiger partial charge < -0.3 is 14.6 Å². The molecule has 1 aliphatic carbocycles. The Kier molecular flexibility index (Phi) is 5.73. The van der Waals surface area contributed by atoms with Gasteiger partial charge in [0.25, 0.3) is 0 Å². The minimum absolute atomic E-state index is 0.169. The van der Waals surface area contributed by atoms with Crippen molar-refractivity contribution in [1.29, 1.82) is 0 Å². The van der Waals surface area contributed by atoms with E-state index in [0.29, 0.717) is 11.5 Å². The van der Waals surface area contributed by atoms with Gasteiger partial charge in [0.1, 0.15) is 5.75 Å². The van der Waals surface area contributed by atoms with E-state index in [1.54, 1.807) is 19.2 Å². The van der Waals surface area contributed by atoms with Crippen LogP contribution in [0.2, 0.25) is 0 Å². The monoisotopic (exact) mass is 336 g/mol. The van der Waals surface area contributed by atoms with Crippen molar-refractivity contribution in [2.24, 2.45) is 5.92 Å². The summed E-state index contributed by atoms with van der Waals surface area (Å²) in [6.07, 6.45) is 3.01. The summed E-state index contributed by atoms with van der Waals surface area (Å²) in [4.78, 5) is 0. The van der Waals surface area contributed by atoms with E-state index >= 15 is 0 Å². The zero-order valence-corrected chi connectivity index (χ0v) is 11.7. The maximum Gasteiger partial charge on any atom is 0.164 e. The van der Waals surface area contributed by atoms with Crippen LogP contribution >= 0.6 is 22.6 Å². The summed E-state index contributed by atoms with van der Waals surface area (Å²) in [5.74, 6) is 2.44. The van der Waals surface area contributed by atoms with Crippen molar-refractivity contribution in [2.45, 2.75) is 12.8 Å². The van der Waals surface area contributed by atoms with Gasteiger partial charge in [-0.3, -0.25) is 0 Å². The molecule has 1 aromatic rings. The van der Waals surface area contributed by atoms with Crippen LogP contribution in [0, 0.1) is 5.92 Å². The maximum atomic E-state index is 9.03. The van der Waals surface area contributed by atoms with Crippen LogP contribution in [-0.2, 0) is 0 Å². The van der Waals surface area contributed by atoms with Gasteiger partial charge in [0, 0.05) is 10.5 Å². The molecular formula is C12H17IO3. The molecule has 4 heteroatoms. The maximum absolute atomic E-state index is 9.03. The summed E-state index contributed by atoms with van der Waals surface area (Å²) < 4.78 is 11.3. The van der Waals surface area contributed by atoms with E-state index in [-0.39, 0.29) is 5.75 Å². The summed E-state index contributed by atoms with van der Waals surface area (Å²) in [6.45, 7) is 0. The molecule has 0 heterocycles. The van der Waals surface area contributed by atoms with Gasteiger partial charge in [0.05, 0.1) is 14.2 Å². The second-order valence-corrected chi connectivity index (χ2v) is 4.52. The first-order chi connectivity index (χ1) is 7.71. The fourth-order valence-corrected chi connectivity index (χ4v) is 1.98. The van der Waals surface area contributed by atoms with E-state index < -0.39 is 0 Å². The molecule has 0 bridgehead atoms. The smallest absolute Gasteiger partial charge is 0.164 e. The fraction of sp³-hybridized carbons (Fsp3) is 0.500. The predicted octanol–water partition coefficient (Wildman–Crippen LogP) is 3.24. The quantitative estimate of drug-likeness (QED) is 0.680. The highest BCUT2D eigenvalue weighted by Crippen LogP contribution is 2.30. The van der Waals surface area contributed by atoms with E-state index in [4.69, 9.17) is 14.6 Å². The molecule has 0 unspecified atom stereocenters. The Bertz CT molecular complexity index is 324. The van der Waals surface area contributed by atoms with Crippen molar-refractivity contribution in [3.63, 3.8) is 0 Å². The summed E-state index contributed by atoms with van der Waals surface area (Å²) in [5.41, 5.74) is 0. The first-order valence-corrected chi connectivity index (χ1v) is 6.70. The minimum Gasteiger partial charge on any atom is -0.508 e. The first-order valence-electron chi connectivity index (χ1n) is 5.18. The van der Waals surface area contributed by atoms with Crippen LogP contribution in [0.4, 0.5) is 0 Å². The standard InChI is InChI=1S/C8H10O3.C4H7I/c1-10-7-4-3-6(9)5-8(7)11-2;5-3-4-1-2-4/h3-5,9H,1-2H3;4H,1-3H2. The molecule has 90 valence electrons. The second kappa shape index (κ2) is 6.83. The molecule has 2 rings (SSSR count). The van der Waals surface area contributed by atoms with Crippen molar-refractivity contribution < 1.29 is 14.6 Å². The highest BCUT2D eigenvalue weighted by atomic mass is 127. The van der Waals surface area contributed by atoms with E-state index in [2.05, 4.69) is 22.6 Å². The lowest BCUT2D eigenvalue weighted by Crippen LogP contribution is -1.88. The molecule has 1 aliphatic rings. The molecule has 1 saturated carbocycles. The number of ether oxygens (including phenoxy) is 2. The van der Waals surface area contributed by atoms with Crippen LogP contribution in [0.15, 0.2) is 18.2 Å². The average Bonchev–Trinajstić information content (AvgIpc) is 3.13. The predicted molar refractivity (Wildman–Crippen MR) is 72.8 cm³/mol. The fourth-order valence-electron chi connectivity index (χ4n) is 1.10. The molecule has 1 N–H and O–H groups in total. The van der Waals surface area contributed by atoms with Gasteiger partial charge in [-0.2, -0.15) is 0 Å². The molecule has 0 aliphatic heterocycles. The molecule has 3 nitrogen and oxygen atoms in total. The Morgan fingerprint density at radius 1 is 1.25 bits per heavy atom. The number of rotatable bonds is 3. The molecule has 16 heavy (non-hydrogen) atoms. The lowest BCUT2D eigenvalue weighted by atomic mass is 10.3. The number of methoxy groups -OCH3 is 2. The van der Waals surface area contributed by atoms with Gasteiger partial charge in [-0.15, -0.1) is 0 Å². The molecular weight excluding hydrogens is 319 g/mol. The molecule has 1 fully saturated rings. The Hall–Kier alpha value is -0.650. The van der Waals surface area contributed by atoms with Crippen molar-refractivity contribution in [3.05, 3.63) is 18.2 Å². The lowest BCUT2D eigenvalue weighted by molar-refractivity contribution is 0.351. The SMILES string of the molecule is COc1ccc(O)cc1OC.ICC1CC1. The molecule has 0 saturated heterocycles. The number of halogens is 1. The Morgan fingerprint density at radius 2 is 1.88 bits per heavy atom. The zero-order chi connectivity index (χ0) is 12.0. The Balaban J connectivity index is 0.000000212. The number of phenolic OH excluding ortho intramolecular Hbond substituents is 1. The van der Waals surface area contributed by atoms with Gasteiger partial charge in [-0.25, -0.2) is 0 Å². The molecule has 0 aromatic heterocycles. The molecule has 0 amide bonds. The number of hydrogen-bond acceptors (Lipinski definition) is 3. The van der Waals surface area contributed by atoms with Crippen molar-refractivity contribution in [2.75, 3.05) is 18.6 Å². The zero-order valence-electron chi connectivity index (χ0n) is 9.57. The number of hydrogen-bond donors (Lipinski definition) is 1. The highest BCUT2D eigenvalue weighted by Gasteiger charge is 2.18. The summed E-state index contributed by atoms with van der Waals surface area (Å²) >= 11 is 2.44. The van der Waals surface area contributed by atoms with Gasteiger partial charge in [-0.05, 0) is 30.9 Å². The van der Waals surface area contributed by atoms with Crippen molar-refractivity contribution in [1.82, 2.24) is 0 Å². The minimum atomic E-state index is 0.169. The molecule has 1 aromatic carbocycles. The van der Waals surface area contributed by atoms with E-state index in [1.807, 2.05) is 0 Å². The topological polar surface area (TPSA) is 38.7 Å². The average molecular weight is 336 g/mol. The summed E-state index contributed by atoms with van der Waals surface area (Å²) in [5, 5.41) is 9.03. The van der Waals surface area contributed by atoms with Gasteiger partial charge >= 0.3 is 0 Å². The third-order valence-corrected chi connectivity index (χ3v) is 3.53. The summed E-state index contributed by atoms with van der Waals surface area (Å²) in [6, 6.07) is 4.69. The second-order valence-electron chi connectivity index (χ2n) is 3.64. The molecule has 0 radical (unpaired) electrons. The molecule has 0 atom stereocenters. The van der Waals surface area contributed by atoms with Crippen LogP contribution in [-0.4, -0.2) is 23.8 Å². The van der Waals surface area contributed by atoms with Crippen LogP contribution in [0.5, 0.6) is 17.2 Å². The first kappa shape index (κ1) is 13.4. The van der Waals surface area contributed by atoms with Crippen molar-refractivity contribution in [3.8, 4) is 17.2 Å². The lowest BCUT2D eigenvalue weighted by Gasteiger charge is -2.06. The Morgan fingerprint density at radius 3 is 2.25 bits per heavy atom. The third-order valence-electron chi connectivity index (χ3n) is 2.28. The molecule has 0 spiro atoms. The number of alkyl halides is 1. The van der Waals surface area contributed by atoms with Crippen LogP contribution in [0.25, 0.3) is 0 Å². The van der Waals surface area contributed by atoms with E-state index in [0.717, 1.165) is 5.92 Å². The van der Waals surface area contributed by atoms with Gasteiger partial charge in [0.15, 0.2) is 11.5 Å². The Labute approximate surface area is 110 Å². The third kappa shape index (κ3) is 4.47. The number of benzene rings is 1. The number of phenols is 1. The largest absolute Gasteiger partial charge is 0.508 e. The van der Waals surface area contributed by atoms with Gasteiger partial charge in [-0.1, -0.05) is 22.6 Å². The normalized spacial score (nSPS) is 13.7. The van der Waals surface area contributed by atoms with Crippen molar-refractivity contribution >= 4 is 22.6 Å². The van der Waals surface area contributed by atoms with E-state index in [1.165, 1.54) is 30.4 Å². The number of aromatic hydroxyl groups is 1.